The molecule has 2 aliphatic heterocycles. The van der Waals surface area contributed by atoms with E-state index in [-0.39, 0.29) is 23.1 Å². The molecule has 2 aromatic rings. The Hall–Kier alpha value is -2.72. The van der Waals surface area contributed by atoms with Crippen LogP contribution >= 0.6 is 11.8 Å². The van der Waals surface area contributed by atoms with Gasteiger partial charge in [0, 0.05) is 30.2 Å². The summed E-state index contributed by atoms with van der Waals surface area (Å²) in [6, 6.07) is 9.88. The highest BCUT2D eigenvalue weighted by molar-refractivity contribution is 7.99. The average molecular weight is 490 g/mol. The summed E-state index contributed by atoms with van der Waals surface area (Å²) in [5.41, 5.74) is 1.65. The Kier molecular flexibility index (Phi) is 6.85. The van der Waals surface area contributed by atoms with Gasteiger partial charge >= 0.3 is 0 Å². The van der Waals surface area contributed by atoms with Crippen LogP contribution in [0.15, 0.2) is 46.2 Å². The number of thioether (sulfide) groups is 1. The number of sulfonamides is 1. The normalized spacial score (nSPS) is 18.3. The summed E-state index contributed by atoms with van der Waals surface area (Å²) < 4.78 is 33.9. The van der Waals surface area contributed by atoms with E-state index < -0.39 is 15.9 Å². The number of carbonyl (C=O) groups excluding carboxylic acids is 2. The Balaban J connectivity index is 1.52. The van der Waals surface area contributed by atoms with E-state index in [0.717, 1.165) is 36.4 Å². The van der Waals surface area contributed by atoms with Crippen LogP contribution < -0.4 is 14.8 Å². The van der Waals surface area contributed by atoms with Crippen molar-refractivity contribution in [3.8, 4) is 5.75 Å². The van der Waals surface area contributed by atoms with Gasteiger partial charge in [-0.3, -0.25) is 14.3 Å². The van der Waals surface area contributed by atoms with Gasteiger partial charge in [0.15, 0.2) is 0 Å². The second kappa shape index (κ2) is 9.64. The van der Waals surface area contributed by atoms with Gasteiger partial charge in [0.05, 0.1) is 29.3 Å². The van der Waals surface area contributed by atoms with Gasteiger partial charge in [-0.05, 0) is 55.7 Å². The molecule has 176 valence electrons. The maximum Gasteiger partial charge on any atom is 0.262 e. The van der Waals surface area contributed by atoms with E-state index in [4.69, 9.17) is 4.74 Å². The van der Waals surface area contributed by atoms with Crippen molar-refractivity contribution in [3.63, 3.8) is 0 Å². The van der Waals surface area contributed by atoms with Gasteiger partial charge in [0.1, 0.15) is 5.75 Å². The molecule has 2 aromatic carbocycles. The Labute approximate surface area is 198 Å². The minimum Gasteiger partial charge on any atom is -0.495 e. The minimum absolute atomic E-state index is 0.00113. The third kappa shape index (κ3) is 5.27. The zero-order valence-electron chi connectivity index (χ0n) is 18.6. The number of fused-ring (bicyclic) bond motifs is 1. The van der Waals surface area contributed by atoms with Crippen LogP contribution in [0.2, 0.25) is 0 Å². The van der Waals surface area contributed by atoms with Crippen LogP contribution in [-0.4, -0.2) is 51.1 Å². The summed E-state index contributed by atoms with van der Waals surface area (Å²) in [6.45, 7) is 3.36. The van der Waals surface area contributed by atoms with Gasteiger partial charge in [-0.25, -0.2) is 8.42 Å². The van der Waals surface area contributed by atoms with Crippen molar-refractivity contribution >= 4 is 45.0 Å². The van der Waals surface area contributed by atoms with Gasteiger partial charge in [0.25, 0.3) is 10.0 Å². The summed E-state index contributed by atoms with van der Waals surface area (Å²) in [5.74, 6) is 0.137. The topological polar surface area (TPSA) is 105 Å². The molecule has 0 saturated carbocycles. The number of likely N-dealkylation sites (tertiary alicyclic amines) is 1. The zero-order valence-corrected chi connectivity index (χ0v) is 20.2. The predicted octanol–water partition coefficient (Wildman–Crippen LogP) is 3.48. The van der Waals surface area contributed by atoms with Crippen molar-refractivity contribution in [1.29, 1.82) is 0 Å². The first-order valence-electron chi connectivity index (χ1n) is 10.8. The van der Waals surface area contributed by atoms with Gasteiger partial charge < -0.3 is 15.0 Å². The van der Waals surface area contributed by atoms with E-state index in [1.54, 1.807) is 18.2 Å². The molecule has 0 bridgehead atoms. The number of ether oxygens (including phenoxy) is 1. The molecule has 10 heteroatoms. The second-order valence-electron chi connectivity index (χ2n) is 8.26. The van der Waals surface area contributed by atoms with Crippen molar-refractivity contribution in [3.05, 3.63) is 42.0 Å². The molecular weight excluding hydrogens is 462 g/mol. The Morgan fingerprint density at radius 2 is 1.97 bits per heavy atom. The van der Waals surface area contributed by atoms with Crippen molar-refractivity contribution in [2.24, 2.45) is 5.92 Å². The zero-order chi connectivity index (χ0) is 23.6. The van der Waals surface area contributed by atoms with Crippen LogP contribution in [0.3, 0.4) is 0 Å². The molecule has 2 aliphatic rings. The summed E-state index contributed by atoms with van der Waals surface area (Å²) in [7, 11) is -2.45. The highest BCUT2D eigenvalue weighted by Crippen LogP contribution is 2.36. The van der Waals surface area contributed by atoms with E-state index in [9.17, 15) is 18.0 Å². The number of aryl methyl sites for hydroxylation is 1. The van der Waals surface area contributed by atoms with E-state index in [2.05, 4.69) is 10.0 Å². The SMILES string of the molecule is COc1ccc(C)cc1NS(=O)(=O)c1ccc2c(c1)NC(=O)[C@H](CC(=O)N1CCCC1)CS2. The maximum atomic E-state index is 13.1. The van der Waals surface area contributed by atoms with E-state index in [1.807, 2.05) is 17.9 Å². The van der Waals surface area contributed by atoms with Crippen molar-refractivity contribution < 1.29 is 22.7 Å². The molecule has 0 spiro atoms. The number of rotatable bonds is 6. The number of methoxy groups -OCH3 is 1. The molecule has 1 saturated heterocycles. The van der Waals surface area contributed by atoms with Gasteiger partial charge in [-0.1, -0.05) is 6.07 Å². The molecule has 8 nitrogen and oxygen atoms in total. The number of benzene rings is 2. The third-order valence-corrected chi connectivity index (χ3v) is 8.41. The molecule has 1 fully saturated rings. The third-order valence-electron chi connectivity index (χ3n) is 5.81. The van der Waals surface area contributed by atoms with Gasteiger partial charge in [-0.2, -0.15) is 0 Å². The van der Waals surface area contributed by atoms with Crippen LogP contribution in [0.25, 0.3) is 0 Å². The highest BCUT2D eigenvalue weighted by Gasteiger charge is 2.30. The van der Waals surface area contributed by atoms with Crippen molar-refractivity contribution in [1.82, 2.24) is 4.90 Å². The Morgan fingerprint density at radius 3 is 2.70 bits per heavy atom. The first-order chi connectivity index (χ1) is 15.8. The number of hydrogen-bond acceptors (Lipinski definition) is 6. The number of nitrogens with zero attached hydrogens (tertiary/aromatic N) is 1. The molecule has 4 rings (SSSR count). The van der Waals surface area contributed by atoms with Crippen LogP contribution in [0, 0.1) is 12.8 Å². The molecule has 2 heterocycles. The van der Waals surface area contributed by atoms with Crippen LogP contribution in [0.1, 0.15) is 24.8 Å². The lowest BCUT2D eigenvalue weighted by atomic mass is 10.1. The predicted molar refractivity (Wildman–Crippen MR) is 128 cm³/mol. The van der Waals surface area contributed by atoms with Crippen LogP contribution in [-0.2, 0) is 19.6 Å². The summed E-state index contributed by atoms with van der Waals surface area (Å²) >= 11 is 1.45. The fraction of sp³-hybridized carbons (Fsp3) is 0.391. The average Bonchev–Trinajstić information content (AvgIpc) is 3.27. The Morgan fingerprint density at radius 1 is 1.21 bits per heavy atom. The summed E-state index contributed by atoms with van der Waals surface area (Å²) in [6.07, 6.45) is 2.16. The number of anilines is 2. The van der Waals surface area contributed by atoms with Gasteiger partial charge in [0.2, 0.25) is 11.8 Å². The van der Waals surface area contributed by atoms with Crippen molar-refractivity contribution in [2.45, 2.75) is 36.0 Å². The fourth-order valence-corrected chi connectivity index (χ4v) is 6.13. The van der Waals surface area contributed by atoms with Gasteiger partial charge in [-0.15, -0.1) is 11.8 Å². The van der Waals surface area contributed by atoms with E-state index in [1.165, 1.54) is 31.0 Å². The van der Waals surface area contributed by atoms with Crippen molar-refractivity contribution in [2.75, 3.05) is 36.0 Å². The molecule has 0 radical (unpaired) electrons. The highest BCUT2D eigenvalue weighted by atomic mass is 32.2. The smallest absolute Gasteiger partial charge is 0.262 e. The molecule has 0 aliphatic carbocycles. The summed E-state index contributed by atoms with van der Waals surface area (Å²) in [5, 5.41) is 2.83. The fourth-order valence-electron chi connectivity index (χ4n) is 3.96. The number of nitrogens with one attached hydrogen (secondary N) is 2. The molecule has 33 heavy (non-hydrogen) atoms. The molecule has 1 atom stereocenters. The number of amides is 2. The van der Waals surface area contributed by atoms with Crippen LogP contribution in [0.4, 0.5) is 11.4 Å². The lowest BCUT2D eigenvalue weighted by Crippen LogP contribution is -2.33. The molecular formula is C23H27N3O5S2. The second-order valence-corrected chi connectivity index (χ2v) is 11.0. The quantitative estimate of drug-likeness (QED) is 0.644. The molecule has 0 unspecified atom stereocenters. The lowest BCUT2D eigenvalue weighted by Gasteiger charge is -2.18. The van der Waals surface area contributed by atoms with E-state index >= 15 is 0 Å². The first-order valence-corrected chi connectivity index (χ1v) is 13.3. The number of carbonyl (C=O) groups is 2. The first kappa shape index (κ1) is 23.4. The molecule has 2 N–H and O–H groups in total. The standard InChI is InChI=1S/C23H27N3O5S2/c1-15-5-7-20(31-2)18(11-15)25-33(29,30)17-6-8-21-19(13-17)24-23(28)16(14-32-21)12-22(27)26-9-3-4-10-26/h5-8,11,13,16,25H,3-4,9-10,12,14H2,1-2H3,(H,24,28)/t16-/m1/s1. The Bertz CT molecular complexity index is 1180. The van der Waals surface area contributed by atoms with Crippen LogP contribution in [0.5, 0.6) is 5.75 Å². The summed E-state index contributed by atoms with van der Waals surface area (Å²) in [4.78, 5) is 27.9. The minimum atomic E-state index is -3.92. The molecule has 0 aromatic heterocycles. The van der Waals surface area contributed by atoms with E-state index in [0.29, 0.717) is 22.9 Å². The largest absolute Gasteiger partial charge is 0.495 e. The molecule has 2 amide bonds. The monoisotopic (exact) mass is 489 g/mol. The maximum absolute atomic E-state index is 13.1. The number of hydrogen-bond donors (Lipinski definition) is 2. The lowest BCUT2D eigenvalue weighted by molar-refractivity contribution is -0.133.